The van der Waals surface area contributed by atoms with Crippen molar-refractivity contribution in [3.05, 3.63) is 22.7 Å². The zero-order valence-electron chi connectivity index (χ0n) is 13.8. The number of anilines is 1. The van der Waals surface area contributed by atoms with Gasteiger partial charge in [0, 0.05) is 23.7 Å². The molecule has 0 spiro atoms. The Hall–Kier alpha value is -1.82. The van der Waals surface area contributed by atoms with Crippen LogP contribution >= 0.6 is 11.3 Å². The van der Waals surface area contributed by atoms with Crippen molar-refractivity contribution < 1.29 is 4.79 Å². The lowest BCUT2D eigenvalue weighted by Gasteiger charge is -2.18. The van der Waals surface area contributed by atoms with Crippen molar-refractivity contribution >= 4 is 22.4 Å². The predicted octanol–water partition coefficient (Wildman–Crippen LogP) is 3.96. The molecule has 5 nitrogen and oxygen atoms in total. The van der Waals surface area contributed by atoms with Crippen LogP contribution in [0.5, 0.6) is 0 Å². The second-order valence-corrected chi connectivity index (χ2v) is 7.02. The van der Waals surface area contributed by atoms with E-state index in [1.165, 1.54) is 12.8 Å². The van der Waals surface area contributed by atoms with Crippen LogP contribution in [0.1, 0.15) is 61.1 Å². The predicted molar refractivity (Wildman–Crippen MR) is 95.1 cm³/mol. The van der Waals surface area contributed by atoms with Crippen molar-refractivity contribution in [2.45, 2.75) is 52.0 Å². The number of nitrogens with two attached hydrogens (primary N) is 1. The number of amides is 1. The second kappa shape index (κ2) is 6.74. The van der Waals surface area contributed by atoms with Crippen LogP contribution in [0, 0.1) is 6.92 Å². The van der Waals surface area contributed by atoms with Crippen LogP contribution in [0.2, 0.25) is 0 Å². The van der Waals surface area contributed by atoms with Crippen LogP contribution in [0.4, 0.5) is 5.13 Å². The van der Waals surface area contributed by atoms with E-state index in [1.54, 1.807) is 11.3 Å². The number of rotatable bonds is 6. The summed E-state index contributed by atoms with van der Waals surface area (Å²) < 4.78 is 2.28. The molecular formula is C17H24N4OS. The second-order valence-electron chi connectivity index (χ2n) is 6.17. The number of nitrogens with zero attached hydrogens (tertiary/aromatic N) is 2. The molecule has 0 unspecified atom stereocenters. The van der Waals surface area contributed by atoms with E-state index in [0.717, 1.165) is 48.0 Å². The Kier molecular flexibility index (Phi) is 4.71. The minimum atomic E-state index is -0.361. The van der Waals surface area contributed by atoms with Gasteiger partial charge in [0.2, 0.25) is 0 Å². The highest BCUT2D eigenvalue weighted by atomic mass is 32.1. The van der Waals surface area contributed by atoms with Crippen LogP contribution in [0.3, 0.4) is 0 Å². The van der Waals surface area contributed by atoms with Gasteiger partial charge >= 0.3 is 0 Å². The van der Waals surface area contributed by atoms with E-state index in [9.17, 15) is 4.79 Å². The summed E-state index contributed by atoms with van der Waals surface area (Å²) in [5.41, 5.74) is 9.09. The molecule has 1 aliphatic rings. The van der Waals surface area contributed by atoms with E-state index < -0.39 is 0 Å². The monoisotopic (exact) mass is 332 g/mol. The van der Waals surface area contributed by atoms with Gasteiger partial charge in [-0.3, -0.25) is 4.79 Å². The molecule has 1 fully saturated rings. The molecule has 3 N–H and O–H groups in total. The van der Waals surface area contributed by atoms with E-state index in [2.05, 4.69) is 22.2 Å². The van der Waals surface area contributed by atoms with E-state index in [1.807, 2.05) is 13.0 Å². The van der Waals surface area contributed by atoms with Crippen LogP contribution in [-0.2, 0) is 0 Å². The third-order valence-corrected chi connectivity index (χ3v) is 5.34. The number of carbonyl (C=O) groups is 1. The van der Waals surface area contributed by atoms with E-state index in [-0.39, 0.29) is 5.91 Å². The lowest BCUT2D eigenvalue weighted by atomic mass is 10.2. The number of thiazole rings is 1. The summed E-state index contributed by atoms with van der Waals surface area (Å²) in [5, 5.41) is 6.31. The molecule has 0 aliphatic heterocycles. The maximum atomic E-state index is 11.8. The normalized spacial score (nSPS) is 15.2. The Morgan fingerprint density at radius 3 is 2.87 bits per heavy atom. The molecule has 0 aromatic carbocycles. The van der Waals surface area contributed by atoms with Gasteiger partial charge < -0.3 is 15.6 Å². The molecule has 3 rings (SSSR count). The van der Waals surface area contributed by atoms with Gasteiger partial charge in [-0.1, -0.05) is 19.8 Å². The first kappa shape index (κ1) is 16.1. The fourth-order valence-electron chi connectivity index (χ4n) is 3.41. The fraction of sp³-hybridized carbons (Fsp3) is 0.529. The number of aromatic nitrogens is 2. The highest BCUT2D eigenvalue weighted by molar-refractivity contribution is 7.14. The molecule has 0 saturated heterocycles. The number of carbonyl (C=O) groups excluding carboxylic acids is 1. The summed E-state index contributed by atoms with van der Waals surface area (Å²) in [7, 11) is 0. The van der Waals surface area contributed by atoms with Crippen LogP contribution in [0.25, 0.3) is 11.4 Å². The summed E-state index contributed by atoms with van der Waals surface area (Å²) >= 11 is 1.61. The maximum absolute atomic E-state index is 11.8. The number of hydrogen-bond donors (Lipinski definition) is 2. The summed E-state index contributed by atoms with van der Waals surface area (Å²) in [4.78, 5) is 16.5. The van der Waals surface area contributed by atoms with Crippen LogP contribution in [0.15, 0.2) is 11.4 Å². The lowest BCUT2D eigenvalue weighted by molar-refractivity contribution is 0.0999. The quantitative estimate of drug-likeness (QED) is 0.841. The van der Waals surface area contributed by atoms with E-state index in [4.69, 9.17) is 10.7 Å². The van der Waals surface area contributed by atoms with Gasteiger partial charge in [0.1, 0.15) is 0 Å². The average Bonchev–Trinajstić information content (AvgIpc) is 3.23. The number of hydrogen-bond acceptors (Lipinski definition) is 4. The zero-order chi connectivity index (χ0) is 16.4. The molecule has 0 radical (unpaired) electrons. The van der Waals surface area contributed by atoms with Gasteiger partial charge in [-0.05, 0) is 32.3 Å². The van der Waals surface area contributed by atoms with Gasteiger partial charge in [-0.25, -0.2) is 4.98 Å². The largest absolute Gasteiger partial charge is 0.366 e. The van der Waals surface area contributed by atoms with Crippen molar-refractivity contribution in [2.24, 2.45) is 5.73 Å². The molecule has 6 heteroatoms. The molecule has 23 heavy (non-hydrogen) atoms. The third kappa shape index (κ3) is 3.13. The van der Waals surface area contributed by atoms with Crippen molar-refractivity contribution in [1.29, 1.82) is 0 Å². The Morgan fingerprint density at radius 2 is 2.22 bits per heavy atom. The maximum Gasteiger partial charge on any atom is 0.250 e. The van der Waals surface area contributed by atoms with Crippen molar-refractivity contribution in [3.8, 4) is 11.4 Å². The molecule has 0 atom stereocenters. The standard InChI is InChI=1S/C17H24N4OS/c1-3-8-19-17-20-14(10-23-17)15-9-13(16(18)22)11(2)21(15)12-6-4-5-7-12/h9-10,12H,3-8H2,1-2H3,(H2,18,22)(H,19,20). The first-order chi connectivity index (χ1) is 11.1. The minimum absolute atomic E-state index is 0.361. The molecule has 1 aliphatic carbocycles. The van der Waals surface area contributed by atoms with Crippen molar-refractivity contribution in [1.82, 2.24) is 9.55 Å². The Balaban J connectivity index is 2.01. The van der Waals surface area contributed by atoms with Gasteiger partial charge in [0.15, 0.2) is 5.13 Å². The van der Waals surface area contributed by atoms with Crippen molar-refractivity contribution in [2.75, 3.05) is 11.9 Å². The SMILES string of the molecule is CCCNc1nc(-c2cc(C(N)=O)c(C)n2C2CCCC2)cs1. The van der Waals surface area contributed by atoms with Gasteiger partial charge in [0.05, 0.1) is 17.0 Å². The molecule has 2 aromatic heterocycles. The third-order valence-electron chi connectivity index (χ3n) is 4.54. The van der Waals surface area contributed by atoms with Gasteiger partial charge in [-0.15, -0.1) is 11.3 Å². The van der Waals surface area contributed by atoms with Crippen LogP contribution < -0.4 is 11.1 Å². The molecule has 1 saturated carbocycles. The van der Waals surface area contributed by atoms with Gasteiger partial charge in [-0.2, -0.15) is 0 Å². The average molecular weight is 332 g/mol. The topological polar surface area (TPSA) is 72.9 Å². The smallest absolute Gasteiger partial charge is 0.250 e. The molecule has 2 aromatic rings. The summed E-state index contributed by atoms with van der Waals surface area (Å²) in [6, 6.07) is 2.36. The highest BCUT2D eigenvalue weighted by Crippen LogP contribution is 2.37. The Morgan fingerprint density at radius 1 is 1.48 bits per heavy atom. The fourth-order valence-corrected chi connectivity index (χ4v) is 4.14. The zero-order valence-corrected chi connectivity index (χ0v) is 14.6. The van der Waals surface area contributed by atoms with Crippen LogP contribution in [-0.4, -0.2) is 22.0 Å². The molecule has 2 heterocycles. The first-order valence-corrected chi connectivity index (χ1v) is 9.21. The summed E-state index contributed by atoms with van der Waals surface area (Å²) in [6.45, 7) is 5.04. The lowest BCUT2D eigenvalue weighted by Crippen LogP contribution is -2.14. The highest BCUT2D eigenvalue weighted by Gasteiger charge is 2.25. The molecular weight excluding hydrogens is 308 g/mol. The number of primary amides is 1. The van der Waals surface area contributed by atoms with E-state index in [0.29, 0.717) is 11.6 Å². The summed E-state index contributed by atoms with van der Waals surface area (Å²) in [6.07, 6.45) is 5.87. The Bertz CT molecular complexity index is 698. The minimum Gasteiger partial charge on any atom is -0.366 e. The number of nitrogens with one attached hydrogen (secondary N) is 1. The van der Waals surface area contributed by atoms with E-state index >= 15 is 0 Å². The molecule has 124 valence electrons. The first-order valence-electron chi connectivity index (χ1n) is 8.33. The Labute approximate surface area is 140 Å². The summed E-state index contributed by atoms with van der Waals surface area (Å²) in [5.74, 6) is -0.361. The molecule has 0 bridgehead atoms. The van der Waals surface area contributed by atoms with Gasteiger partial charge in [0.25, 0.3) is 5.91 Å². The molecule has 1 amide bonds. The van der Waals surface area contributed by atoms with Crippen molar-refractivity contribution in [3.63, 3.8) is 0 Å².